The van der Waals surface area contributed by atoms with Crippen molar-refractivity contribution in [3.8, 4) is 0 Å². The fraction of sp³-hybridized carbons (Fsp3) is 0.500. The molecule has 2 fully saturated rings. The van der Waals surface area contributed by atoms with Gasteiger partial charge in [0.15, 0.2) is 0 Å². The topological polar surface area (TPSA) is 44.8 Å². The van der Waals surface area contributed by atoms with Crippen LogP contribution in [-0.2, 0) is 16.2 Å². The SMILES string of the molecule is CC1CN(Cc2ccccc2Cl)CN1C(=O)C1C=C(C2CC2)ON1. The second-order valence-electron chi connectivity index (χ2n) is 6.94. The summed E-state index contributed by atoms with van der Waals surface area (Å²) in [5, 5.41) is 0.776. The molecule has 1 aromatic rings. The molecule has 1 aliphatic carbocycles. The first-order valence-electron chi connectivity index (χ1n) is 8.52. The second kappa shape index (κ2) is 6.39. The van der Waals surface area contributed by atoms with Gasteiger partial charge in [0.25, 0.3) is 0 Å². The second-order valence-corrected chi connectivity index (χ2v) is 7.35. The van der Waals surface area contributed by atoms with Crippen LogP contribution in [0.3, 0.4) is 0 Å². The number of hydroxylamine groups is 1. The zero-order valence-corrected chi connectivity index (χ0v) is 14.5. The number of hydrogen-bond acceptors (Lipinski definition) is 4. The predicted molar refractivity (Wildman–Crippen MR) is 91.9 cm³/mol. The standard InChI is InChI=1S/C18H22ClN3O2/c1-12-9-21(10-14-4-2-3-5-15(14)19)11-22(12)18(23)16-8-17(24-20-16)13-6-7-13/h2-5,8,12-13,16,20H,6-7,9-11H2,1H3. The summed E-state index contributed by atoms with van der Waals surface area (Å²) in [5.74, 6) is 1.54. The number of amides is 1. The summed E-state index contributed by atoms with van der Waals surface area (Å²) in [4.78, 5) is 22.4. The molecule has 1 amide bonds. The summed E-state index contributed by atoms with van der Waals surface area (Å²) in [6.45, 7) is 4.32. The number of carbonyl (C=O) groups is 1. The van der Waals surface area contributed by atoms with Gasteiger partial charge in [-0.2, -0.15) is 0 Å². The fourth-order valence-electron chi connectivity index (χ4n) is 3.41. The minimum atomic E-state index is -0.358. The summed E-state index contributed by atoms with van der Waals surface area (Å²) in [6, 6.07) is 7.69. The zero-order chi connectivity index (χ0) is 16.7. The van der Waals surface area contributed by atoms with E-state index in [2.05, 4.69) is 17.3 Å². The first-order valence-corrected chi connectivity index (χ1v) is 8.90. The number of allylic oxidation sites excluding steroid dienone is 1. The number of carbonyl (C=O) groups excluding carboxylic acids is 1. The van der Waals surface area contributed by atoms with Crippen LogP contribution in [0, 0.1) is 5.92 Å². The van der Waals surface area contributed by atoms with Crippen molar-refractivity contribution in [2.45, 2.75) is 38.4 Å². The van der Waals surface area contributed by atoms with Crippen LogP contribution < -0.4 is 5.48 Å². The average molecular weight is 348 g/mol. The third-order valence-corrected chi connectivity index (χ3v) is 5.29. The van der Waals surface area contributed by atoms with Gasteiger partial charge in [-0.25, -0.2) is 0 Å². The van der Waals surface area contributed by atoms with E-state index in [-0.39, 0.29) is 18.0 Å². The van der Waals surface area contributed by atoms with Crippen LogP contribution >= 0.6 is 11.6 Å². The van der Waals surface area contributed by atoms with Crippen LogP contribution in [-0.4, -0.2) is 41.0 Å². The van der Waals surface area contributed by atoms with Gasteiger partial charge in [0.1, 0.15) is 11.8 Å². The quantitative estimate of drug-likeness (QED) is 0.909. The van der Waals surface area contributed by atoms with Crippen molar-refractivity contribution >= 4 is 17.5 Å². The van der Waals surface area contributed by atoms with E-state index in [0.29, 0.717) is 12.6 Å². The lowest BCUT2D eigenvalue weighted by atomic mass is 10.2. The van der Waals surface area contributed by atoms with Crippen LogP contribution in [0.5, 0.6) is 0 Å². The Kier molecular flexibility index (Phi) is 4.24. The molecule has 1 saturated heterocycles. The Morgan fingerprint density at radius 1 is 1.38 bits per heavy atom. The Labute approximate surface area is 147 Å². The Balaban J connectivity index is 1.40. The highest BCUT2D eigenvalue weighted by Crippen LogP contribution is 2.38. The fourth-order valence-corrected chi connectivity index (χ4v) is 3.60. The van der Waals surface area contributed by atoms with Gasteiger partial charge >= 0.3 is 0 Å². The van der Waals surface area contributed by atoms with Crippen LogP contribution in [0.2, 0.25) is 5.02 Å². The minimum absolute atomic E-state index is 0.0832. The van der Waals surface area contributed by atoms with Gasteiger partial charge in [-0.15, -0.1) is 5.48 Å². The molecule has 2 atom stereocenters. The normalized spacial score (nSPS) is 27.2. The number of halogens is 1. The third-order valence-electron chi connectivity index (χ3n) is 4.92. The van der Waals surface area contributed by atoms with E-state index in [0.717, 1.165) is 29.4 Å². The van der Waals surface area contributed by atoms with Gasteiger partial charge in [0.05, 0.1) is 6.67 Å². The number of rotatable bonds is 4. The van der Waals surface area contributed by atoms with Gasteiger partial charge < -0.3 is 9.74 Å². The molecule has 0 bridgehead atoms. The molecule has 2 unspecified atom stereocenters. The highest BCUT2D eigenvalue weighted by atomic mass is 35.5. The van der Waals surface area contributed by atoms with E-state index in [1.54, 1.807) is 0 Å². The van der Waals surface area contributed by atoms with Gasteiger partial charge in [-0.1, -0.05) is 29.8 Å². The van der Waals surface area contributed by atoms with Crippen molar-refractivity contribution in [1.29, 1.82) is 0 Å². The molecule has 1 saturated carbocycles. The summed E-state index contributed by atoms with van der Waals surface area (Å²) < 4.78 is 0. The molecule has 24 heavy (non-hydrogen) atoms. The Morgan fingerprint density at radius 3 is 2.92 bits per heavy atom. The number of benzene rings is 1. The maximum absolute atomic E-state index is 12.8. The number of nitrogens with one attached hydrogen (secondary N) is 1. The molecule has 5 nitrogen and oxygen atoms in total. The van der Waals surface area contributed by atoms with Crippen molar-refractivity contribution in [2.75, 3.05) is 13.2 Å². The lowest BCUT2D eigenvalue weighted by molar-refractivity contribution is -0.135. The molecule has 0 radical (unpaired) electrons. The van der Waals surface area contributed by atoms with Crippen LogP contribution in [0.25, 0.3) is 0 Å². The lowest BCUT2D eigenvalue weighted by Gasteiger charge is -2.23. The molecule has 6 heteroatoms. The van der Waals surface area contributed by atoms with Crippen molar-refractivity contribution < 1.29 is 9.63 Å². The highest BCUT2D eigenvalue weighted by Gasteiger charge is 2.39. The molecule has 1 aromatic carbocycles. The molecule has 2 heterocycles. The van der Waals surface area contributed by atoms with Crippen molar-refractivity contribution in [3.63, 3.8) is 0 Å². The zero-order valence-electron chi connectivity index (χ0n) is 13.7. The Morgan fingerprint density at radius 2 is 2.17 bits per heavy atom. The monoisotopic (exact) mass is 347 g/mol. The van der Waals surface area contributed by atoms with Crippen LogP contribution in [0.4, 0.5) is 0 Å². The van der Waals surface area contributed by atoms with E-state index < -0.39 is 0 Å². The molecule has 3 aliphatic rings. The van der Waals surface area contributed by atoms with Crippen LogP contribution in [0.15, 0.2) is 36.1 Å². The van der Waals surface area contributed by atoms with E-state index in [9.17, 15) is 4.79 Å². The summed E-state index contributed by atoms with van der Waals surface area (Å²) in [5.41, 5.74) is 3.97. The molecule has 1 N–H and O–H groups in total. The van der Waals surface area contributed by atoms with Crippen molar-refractivity contribution in [3.05, 3.63) is 46.7 Å². The molecule has 4 rings (SSSR count). The van der Waals surface area contributed by atoms with Crippen LogP contribution in [0.1, 0.15) is 25.3 Å². The lowest BCUT2D eigenvalue weighted by Crippen LogP contribution is -2.45. The molecular weight excluding hydrogens is 326 g/mol. The average Bonchev–Trinajstić information content (AvgIpc) is 3.18. The summed E-state index contributed by atoms with van der Waals surface area (Å²) in [7, 11) is 0. The van der Waals surface area contributed by atoms with E-state index in [1.165, 1.54) is 12.8 Å². The van der Waals surface area contributed by atoms with Gasteiger partial charge in [0.2, 0.25) is 5.91 Å². The molecule has 0 aromatic heterocycles. The van der Waals surface area contributed by atoms with E-state index in [4.69, 9.17) is 16.4 Å². The minimum Gasteiger partial charge on any atom is -0.412 e. The number of nitrogens with zero attached hydrogens (tertiary/aromatic N) is 2. The Bertz CT molecular complexity index is 674. The molecule has 0 spiro atoms. The largest absolute Gasteiger partial charge is 0.412 e. The number of hydrogen-bond donors (Lipinski definition) is 1. The maximum atomic E-state index is 12.8. The predicted octanol–water partition coefficient (Wildman–Crippen LogP) is 2.53. The van der Waals surface area contributed by atoms with Crippen molar-refractivity contribution in [2.24, 2.45) is 5.92 Å². The maximum Gasteiger partial charge on any atom is 0.248 e. The molecular formula is C18H22ClN3O2. The van der Waals surface area contributed by atoms with Gasteiger partial charge in [-0.05, 0) is 37.5 Å². The summed E-state index contributed by atoms with van der Waals surface area (Å²) >= 11 is 6.25. The Hall–Kier alpha value is -1.56. The smallest absolute Gasteiger partial charge is 0.248 e. The first kappa shape index (κ1) is 15.9. The summed E-state index contributed by atoms with van der Waals surface area (Å²) in [6.07, 6.45) is 4.28. The third kappa shape index (κ3) is 3.16. The first-order chi connectivity index (χ1) is 11.6. The van der Waals surface area contributed by atoms with Gasteiger partial charge in [0, 0.05) is 30.1 Å². The highest BCUT2D eigenvalue weighted by molar-refractivity contribution is 6.31. The van der Waals surface area contributed by atoms with Crippen molar-refractivity contribution in [1.82, 2.24) is 15.3 Å². The van der Waals surface area contributed by atoms with E-state index in [1.807, 2.05) is 35.2 Å². The van der Waals surface area contributed by atoms with E-state index >= 15 is 0 Å². The molecule has 128 valence electrons. The molecule has 2 aliphatic heterocycles. The van der Waals surface area contributed by atoms with Gasteiger partial charge in [-0.3, -0.25) is 9.69 Å².